The predicted molar refractivity (Wildman–Crippen MR) is 136 cm³/mol. The number of hydrogen-bond acceptors (Lipinski definition) is 5. The van der Waals surface area contributed by atoms with Crippen molar-refractivity contribution < 1.29 is 22.1 Å². The summed E-state index contributed by atoms with van der Waals surface area (Å²) in [7, 11) is -0.517. The highest BCUT2D eigenvalue weighted by Gasteiger charge is 2.39. The van der Waals surface area contributed by atoms with Crippen molar-refractivity contribution in [1.29, 1.82) is 0 Å². The van der Waals surface area contributed by atoms with Crippen LogP contribution in [0.4, 0.5) is 18.9 Å². The zero-order chi connectivity index (χ0) is 25.5. The normalized spacial score (nSPS) is 25.2. The average Bonchev–Trinajstić information content (AvgIpc) is 3.68. The van der Waals surface area contributed by atoms with E-state index in [0.29, 0.717) is 30.0 Å². The fraction of sp³-hybridized carbons (Fsp3) is 0.444. The van der Waals surface area contributed by atoms with Crippen LogP contribution in [0.3, 0.4) is 0 Å². The highest BCUT2D eigenvalue weighted by atomic mass is 32.2. The Morgan fingerprint density at radius 3 is 2.53 bits per heavy atom. The number of nitrogens with one attached hydrogen (secondary N) is 1. The van der Waals surface area contributed by atoms with Crippen LogP contribution in [-0.4, -0.2) is 33.9 Å². The molecular formula is C27H30F3N3O2S. The molecule has 2 fully saturated rings. The number of hydrogen-bond donors (Lipinski definition) is 1. The second-order valence-electron chi connectivity index (χ2n) is 9.72. The highest BCUT2D eigenvalue weighted by molar-refractivity contribution is 7.93. The molecule has 1 aromatic heterocycles. The summed E-state index contributed by atoms with van der Waals surface area (Å²) < 4.78 is 65.0. The molecule has 5 nitrogen and oxygen atoms in total. The number of halogens is 3. The second kappa shape index (κ2) is 9.67. The molecule has 1 aliphatic carbocycles. The van der Waals surface area contributed by atoms with Crippen molar-refractivity contribution in [3.05, 3.63) is 71.2 Å². The van der Waals surface area contributed by atoms with Gasteiger partial charge >= 0.3 is 0 Å². The molecule has 192 valence electrons. The molecule has 2 heterocycles. The van der Waals surface area contributed by atoms with Gasteiger partial charge in [0.15, 0.2) is 0 Å². The van der Waals surface area contributed by atoms with Gasteiger partial charge in [0.2, 0.25) is 0 Å². The van der Waals surface area contributed by atoms with Gasteiger partial charge in [-0.25, -0.2) is 21.7 Å². The van der Waals surface area contributed by atoms with Gasteiger partial charge in [-0.1, -0.05) is 24.3 Å². The van der Waals surface area contributed by atoms with Crippen molar-refractivity contribution in [1.82, 2.24) is 4.98 Å². The third kappa shape index (κ3) is 4.83. The number of alkyl halides is 2. The zero-order valence-electron chi connectivity index (χ0n) is 20.3. The summed E-state index contributed by atoms with van der Waals surface area (Å²) in [5, 5.41) is 4.10. The molecular weight excluding hydrogens is 487 g/mol. The minimum Gasteiger partial charge on any atom is -0.378 e. The molecule has 2 aromatic carbocycles. The number of ether oxygens (including phenoxy) is 1. The van der Waals surface area contributed by atoms with Gasteiger partial charge in [0, 0.05) is 51.2 Å². The smallest absolute Gasteiger partial charge is 0.266 e. The molecule has 1 saturated carbocycles. The van der Waals surface area contributed by atoms with Crippen LogP contribution in [0.5, 0.6) is 0 Å². The minimum atomic E-state index is -2.88. The summed E-state index contributed by atoms with van der Waals surface area (Å²) in [6.07, 6.45) is 2.06. The van der Waals surface area contributed by atoms with Gasteiger partial charge in [-0.05, 0) is 56.4 Å². The number of aromatic nitrogens is 1. The van der Waals surface area contributed by atoms with E-state index in [9.17, 15) is 17.4 Å². The quantitative estimate of drug-likeness (QED) is 0.377. The topological polar surface area (TPSA) is 63.6 Å². The lowest BCUT2D eigenvalue weighted by Gasteiger charge is -2.37. The van der Waals surface area contributed by atoms with Crippen LogP contribution in [0, 0.1) is 5.82 Å². The molecule has 3 aromatic rings. The van der Waals surface area contributed by atoms with Crippen LogP contribution >= 0.6 is 0 Å². The Morgan fingerprint density at radius 2 is 1.86 bits per heavy atom. The van der Waals surface area contributed by atoms with Crippen molar-refractivity contribution in [2.45, 2.75) is 56.7 Å². The van der Waals surface area contributed by atoms with Crippen LogP contribution in [-0.2, 0) is 20.1 Å². The Morgan fingerprint density at radius 1 is 1.14 bits per heavy atom. The first-order valence-corrected chi connectivity index (χ1v) is 14.1. The van der Waals surface area contributed by atoms with E-state index in [1.807, 2.05) is 18.2 Å². The molecule has 1 N–H and O–H groups in total. The molecule has 5 rings (SSSR count). The Hall–Kier alpha value is -2.65. The van der Waals surface area contributed by atoms with Gasteiger partial charge in [-0.3, -0.25) is 4.98 Å². The third-order valence-electron chi connectivity index (χ3n) is 7.33. The van der Waals surface area contributed by atoms with Gasteiger partial charge in [0.1, 0.15) is 5.82 Å². The monoisotopic (exact) mass is 517 g/mol. The van der Waals surface area contributed by atoms with Gasteiger partial charge in [0.05, 0.1) is 28.8 Å². The Labute approximate surface area is 209 Å². The van der Waals surface area contributed by atoms with Crippen LogP contribution < -0.4 is 5.32 Å². The van der Waals surface area contributed by atoms with Crippen molar-refractivity contribution >= 4 is 26.3 Å². The van der Waals surface area contributed by atoms with Crippen LogP contribution in [0.25, 0.3) is 10.9 Å². The fourth-order valence-corrected chi connectivity index (χ4v) is 7.45. The number of pyridine rings is 1. The minimum absolute atomic E-state index is 0.170. The van der Waals surface area contributed by atoms with E-state index >= 15 is 0 Å². The van der Waals surface area contributed by atoms with Gasteiger partial charge in [-0.15, -0.1) is 0 Å². The average molecular weight is 518 g/mol. The number of anilines is 1. The SMILES string of the molecule is COC1(c2ccc3nccc(N[C@H](C)c4cccc(C(F)F)c4F)c3c2)CCS(=O)(=NC2CC2)CC1. The molecule has 1 aliphatic heterocycles. The van der Waals surface area contributed by atoms with E-state index in [0.717, 1.165) is 35.4 Å². The van der Waals surface area contributed by atoms with Gasteiger partial charge in [0.25, 0.3) is 6.43 Å². The summed E-state index contributed by atoms with van der Waals surface area (Å²) in [6, 6.07) is 11.5. The van der Waals surface area contributed by atoms with Gasteiger partial charge in [-0.2, -0.15) is 0 Å². The number of fused-ring (bicyclic) bond motifs is 1. The van der Waals surface area contributed by atoms with E-state index in [1.54, 1.807) is 26.3 Å². The first kappa shape index (κ1) is 25.0. The van der Waals surface area contributed by atoms with E-state index in [-0.39, 0.29) is 11.6 Å². The second-order valence-corrected chi connectivity index (χ2v) is 12.3. The molecule has 36 heavy (non-hydrogen) atoms. The highest BCUT2D eigenvalue weighted by Crippen LogP contribution is 2.41. The maximum Gasteiger partial charge on any atom is 0.266 e. The number of benzene rings is 2. The summed E-state index contributed by atoms with van der Waals surface area (Å²) >= 11 is 0. The predicted octanol–water partition coefficient (Wildman–Crippen LogP) is 6.75. The summed E-state index contributed by atoms with van der Waals surface area (Å²) in [6.45, 7) is 1.74. The summed E-state index contributed by atoms with van der Waals surface area (Å²) in [5.41, 5.74) is 1.40. The number of rotatable bonds is 7. The molecule has 1 atom stereocenters. The van der Waals surface area contributed by atoms with E-state index in [1.165, 1.54) is 12.1 Å². The maximum atomic E-state index is 14.8. The molecule has 0 unspecified atom stereocenters. The number of methoxy groups -OCH3 is 1. The summed E-state index contributed by atoms with van der Waals surface area (Å²) in [5.74, 6) is 0.113. The van der Waals surface area contributed by atoms with E-state index < -0.39 is 39.2 Å². The lowest BCUT2D eigenvalue weighted by molar-refractivity contribution is -0.0227. The molecule has 9 heteroatoms. The molecule has 0 amide bonds. The zero-order valence-corrected chi connectivity index (χ0v) is 21.2. The van der Waals surface area contributed by atoms with Gasteiger partial charge < -0.3 is 10.1 Å². The van der Waals surface area contributed by atoms with Crippen LogP contribution in [0.1, 0.15) is 61.8 Å². The molecule has 0 radical (unpaired) electrons. The van der Waals surface area contributed by atoms with Crippen molar-refractivity contribution in [3.8, 4) is 0 Å². The fourth-order valence-electron chi connectivity index (χ4n) is 4.98. The lowest BCUT2D eigenvalue weighted by atomic mass is 9.87. The Bertz CT molecular complexity index is 1390. The van der Waals surface area contributed by atoms with E-state index in [4.69, 9.17) is 4.74 Å². The molecule has 1 saturated heterocycles. The van der Waals surface area contributed by atoms with Crippen molar-refractivity contribution in [3.63, 3.8) is 0 Å². The molecule has 0 bridgehead atoms. The van der Waals surface area contributed by atoms with Crippen molar-refractivity contribution in [2.24, 2.45) is 4.36 Å². The third-order valence-corrected chi connectivity index (χ3v) is 9.69. The Kier molecular flexibility index (Phi) is 6.72. The maximum absolute atomic E-state index is 14.8. The first-order chi connectivity index (χ1) is 17.2. The molecule has 2 aliphatic rings. The van der Waals surface area contributed by atoms with Crippen molar-refractivity contribution in [2.75, 3.05) is 23.9 Å². The molecule has 0 spiro atoms. The lowest BCUT2D eigenvalue weighted by Crippen LogP contribution is -2.38. The van der Waals surface area contributed by atoms with E-state index in [2.05, 4.69) is 14.7 Å². The Balaban J connectivity index is 1.46. The number of nitrogens with zero attached hydrogens (tertiary/aromatic N) is 2. The summed E-state index contributed by atoms with van der Waals surface area (Å²) in [4.78, 5) is 4.46. The van der Waals surface area contributed by atoms with Crippen LogP contribution in [0.2, 0.25) is 0 Å². The first-order valence-electron chi connectivity index (χ1n) is 12.2. The standard InChI is InChI=1S/C27H30F3N3O2S/c1-17(20-4-3-5-21(25(20)28)26(29)30)32-24-10-13-31-23-9-6-18(16-22(23)24)27(35-2)11-14-36(34,15-12-27)33-19-7-8-19/h3-6,9-10,13,16-17,19,26H,7-8,11-12,14-15H2,1-2H3,(H,31,32)/t17-,27?,36?/m1/s1. The largest absolute Gasteiger partial charge is 0.378 e. The van der Waals surface area contributed by atoms with Crippen LogP contribution in [0.15, 0.2) is 53.0 Å².